The minimum atomic E-state index is 0.288. The monoisotopic (exact) mass is 258 g/mol. The van der Waals surface area contributed by atoms with Crippen molar-refractivity contribution in [2.45, 2.75) is 5.22 Å². The van der Waals surface area contributed by atoms with Crippen LogP contribution in [0.4, 0.5) is 0 Å². The SMILES string of the molecule is C#Sc1nnc(-c2ccc(Cl)cc2Cl)o1. The van der Waals surface area contributed by atoms with Crippen LogP contribution in [-0.4, -0.2) is 10.2 Å². The highest BCUT2D eigenvalue weighted by Crippen LogP contribution is 2.29. The number of nitrogens with zero attached hydrogens (tertiary/aromatic N) is 2. The average Bonchev–Trinajstić information content (AvgIpc) is 2.66. The van der Waals surface area contributed by atoms with Gasteiger partial charge in [-0.25, -0.2) is 0 Å². The van der Waals surface area contributed by atoms with Crippen molar-refractivity contribution >= 4 is 34.4 Å². The summed E-state index contributed by atoms with van der Waals surface area (Å²) in [5.41, 5.74) is 5.90. The van der Waals surface area contributed by atoms with E-state index in [1.807, 2.05) is 0 Å². The average molecular weight is 259 g/mol. The van der Waals surface area contributed by atoms with Crippen LogP contribution in [0.25, 0.3) is 11.5 Å². The smallest absolute Gasteiger partial charge is 0.306 e. The highest BCUT2D eigenvalue weighted by atomic mass is 35.5. The Hall–Kier alpha value is -1.06. The van der Waals surface area contributed by atoms with Gasteiger partial charge >= 0.3 is 5.22 Å². The standard InChI is InChI=1S/C9H4Cl2N2OS/c1-15-9-13-12-8(14-9)6-3-2-5(10)4-7(6)11/h1-4H. The Balaban J connectivity index is 2.50. The second-order valence-electron chi connectivity index (χ2n) is 2.62. The number of hydrogen-bond acceptors (Lipinski definition) is 3. The van der Waals surface area contributed by atoms with Gasteiger partial charge in [0.1, 0.15) is 0 Å². The van der Waals surface area contributed by atoms with Crippen LogP contribution < -0.4 is 0 Å². The summed E-state index contributed by atoms with van der Waals surface area (Å²) in [6.45, 7) is 0. The molecule has 0 atom stereocenters. The molecule has 0 aliphatic carbocycles. The molecule has 0 unspecified atom stereocenters. The lowest BCUT2D eigenvalue weighted by Gasteiger charge is -1.98. The molecule has 1 aromatic carbocycles. The van der Waals surface area contributed by atoms with Crippen LogP contribution >= 0.6 is 34.4 Å². The predicted molar refractivity (Wildman–Crippen MR) is 60.6 cm³/mol. The van der Waals surface area contributed by atoms with Gasteiger partial charge in [0, 0.05) is 5.02 Å². The highest BCUT2D eigenvalue weighted by Gasteiger charge is 2.10. The maximum absolute atomic E-state index is 5.97. The third-order valence-corrected chi connectivity index (χ3v) is 2.58. The lowest BCUT2D eigenvalue weighted by molar-refractivity contribution is 0.468. The van der Waals surface area contributed by atoms with Crippen molar-refractivity contribution in [3.63, 3.8) is 0 Å². The van der Waals surface area contributed by atoms with Crippen molar-refractivity contribution in [2.75, 3.05) is 0 Å². The quantitative estimate of drug-likeness (QED) is 0.783. The molecular formula is C9H4Cl2N2OS. The highest BCUT2D eigenvalue weighted by molar-refractivity contribution is 7.88. The summed E-state index contributed by atoms with van der Waals surface area (Å²) in [5.74, 6) is 0.324. The molecule has 0 spiro atoms. The maximum Gasteiger partial charge on any atom is 0.306 e. The molecule has 0 N–H and O–H groups in total. The van der Waals surface area contributed by atoms with E-state index in [4.69, 9.17) is 33.3 Å². The van der Waals surface area contributed by atoms with E-state index in [1.54, 1.807) is 18.2 Å². The first-order valence-electron chi connectivity index (χ1n) is 3.86. The number of hydrogen-bond donors (Lipinski definition) is 0. The van der Waals surface area contributed by atoms with Gasteiger partial charge in [-0.05, 0) is 29.4 Å². The van der Waals surface area contributed by atoms with Crippen LogP contribution in [0.3, 0.4) is 0 Å². The molecule has 2 rings (SSSR count). The van der Waals surface area contributed by atoms with E-state index in [2.05, 4.69) is 10.2 Å². The summed E-state index contributed by atoms with van der Waals surface area (Å²) in [7, 11) is 0. The van der Waals surface area contributed by atoms with Crippen molar-refractivity contribution in [3.8, 4) is 17.1 Å². The van der Waals surface area contributed by atoms with Crippen LogP contribution in [0, 0.1) is 5.69 Å². The van der Waals surface area contributed by atoms with E-state index in [1.165, 1.54) is 0 Å². The fraction of sp³-hybridized carbons (Fsp3) is 0. The minimum Gasteiger partial charge on any atom is -0.408 e. The molecule has 1 aromatic heterocycles. The molecule has 1 heterocycles. The van der Waals surface area contributed by atoms with E-state index in [9.17, 15) is 0 Å². The molecule has 0 radical (unpaired) electrons. The summed E-state index contributed by atoms with van der Waals surface area (Å²) in [4.78, 5) is 0. The van der Waals surface area contributed by atoms with Crippen molar-refractivity contribution < 1.29 is 4.42 Å². The fourth-order valence-electron chi connectivity index (χ4n) is 1.03. The number of rotatable bonds is 1. The topological polar surface area (TPSA) is 38.9 Å². The predicted octanol–water partition coefficient (Wildman–Crippen LogP) is 3.72. The summed E-state index contributed by atoms with van der Waals surface area (Å²) in [6.07, 6.45) is 0. The largest absolute Gasteiger partial charge is 0.408 e. The molecule has 2 aromatic rings. The van der Waals surface area contributed by atoms with Gasteiger partial charge in [0.25, 0.3) is 5.89 Å². The van der Waals surface area contributed by atoms with Crippen molar-refractivity contribution in [1.29, 1.82) is 0 Å². The Morgan fingerprint density at radius 3 is 2.67 bits per heavy atom. The first-order chi connectivity index (χ1) is 7.20. The molecule has 76 valence electrons. The molecule has 0 fully saturated rings. The van der Waals surface area contributed by atoms with Crippen LogP contribution in [-0.2, 0) is 0 Å². The van der Waals surface area contributed by atoms with Crippen molar-refractivity contribution in [2.24, 2.45) is 0 Å². The van der Waals surface area contributed by atoms with Gasteiger partial charge in [-0.1, -0.05) is 34.0 Å². The molecular weight excluding hydrogens is 255 g/mol. The van der Waals surface area contributed by atoms with Gasteiger partial charge in [0.05, 0.1) is 10.6 Å². The third kappa shape index (κ3) is 2.13. The minimum absolute atomic E-state index is 0.288. The zero-order valence-corrected chi connectivity index (χ0v) is 9.60. The second-order valence-corrected chi connectivity index (χ2v) is 4.04. The summed E-state index contributed by atoms with van der Waals surface area (Å²) >= 11 is 12.6. The maximum atomic E-state index is 5.97. The van der Waals surface area contributed by atoms with Gasteiger partial charge in [-0.2, -0.15) is 0 Å². The second kappa shape index (κ2) is 4.21. The third-order valence-electron chi connectivity index (χ3n) is 1.67. The van der Waals surface area contributed by atoms with Crippen LogP contribution in [0.15, 0.2) is 27.8 Å². The van der Waals surface area contributed by atoms with E-state index in [0.29, 0.717) is 21.5 Å². The Morgan fingerprint density at radius 1 is 1.27 bits per heavy atom. The number of aromatic nitrogens is 2. The van der Waals surface area contributed by atoms with Crippen LogP contribution in [0.5, 0.6) is 0 Å². The molecule has 0 saturated carbocycles. The Kier molecular flexibility index (Phi) is 2.93. The molecule has 0 aliphatic rings. The van der Waals surface area contributed by atoms with Gasteiger partial charge in [0.2, 0.25) is 0 Å². The molecule has 6 heteroatoms. The van der Waals surface area contributed by atoms with Gasteiger partial charge < -0.3 is 4.42 Å². The Bertz CT molecular complexity index is 547. The summed E-state index contributed by atoms with van der Waals surface area (Å²) in [5, 5.41) is 8.81. The van der Waals surface area contributed by atoms with E-state index in [0.717, 1.165) is 11.2 Å². The van der Waals surface area contributed by atoms with Gasteiger partial charge in [-0.3, -0.25) is 0 Å². The zero-order valence-electron chi connectivity index (χ0n) is 7.28. The molecule has 0 aliphatic heterocycles. The lowest BCUT2D eigenvalue weighted by atomic mass is 10.2. The molecule has 0 bridgehead atoms. The van der Waals surface area contributed by atoms with Gasteiger partial charge in [-0.15, -0.1) is 5.10 Å². The Labute approximate surface area is 99.6 Å². The van der Waals surface area contributed by atoms with Crippen molar-refractivity contribution in [3.05, 3.63) is 28.2 Å². The van der Waals surface area contributed by atoms with Crippen LogP contribution in [0.2, 0.25) is 10.0 Å². The van der Waals surface area contributed by atoms with Crippen molar-refractivity contribution in [1.82, 2.24) is 10.2 Å². The molecule has 15 heavy (non-hydrogen) atoms. The van der Waals surface area contributed by atoms with E-state index in [-0.39, 0.29) is 5.22 Å². The summed E-state index contributed by atoms with van der Waals surface area (Å²) < 4.78 is 5.23. The Morgan fingerprint density at radius 2 is 2.07 bits per heavy atom. The fourth-order valence-corrected chi connectivity index (χ4v) is 1.73. The zero-order chi connectivity index (χ0) is 10.8. The number of benzene rings is 1. The molecule has 0 amide bonds. The first kappa shape index (κ1) is 10.5. The first-order valence-corrected chi connectivity index (χ1v) is 5.50. The van der Waals surface area contributed by atoms with Crippen LogP contribution in [0.1, 0.15) is 0 Å². The van der Waals surface area contributed by atoms with Gasteiger partial charge in [0.15, 0.2) is 0 Å². The van der Waals surface area contributed by atoms with E-state index < -0.39 is 0 Å². The molecule has 0 saturated heterocycles. The normalized spacial score (nSPS) is 10.2. The summed E-state index contributed by atoms with van der Waals surface area (Å²) in [6, 6.07) is 5.02. The lowest BCUT2D eigenvalue weighted by Crippen LogP contribution is -1.79. The van der Waals surface area contributed by atoms with E-state index >= 15 is 0 Å². The number of halogens is 2. The molecule has 3 nitrogen and oxygen atoms in total.